The molecule has 9 atom stereocenters. The summed E-state index contributed by atoms with van der Waals surface area (Å²) in [5.74, 6) is -13.6. The molecule has 1 aromatic heterocycles. The number of para-hydroxylation sites is 1. The molecule has 34 nitrogen and oxygen atoms in total. The summed E-state index contributed by atoms with van der Waals surface area (Å²) in [6, 6.07) is 13.0. The minimum absolute atomic E-state index is 0.0155. The number of hydrogen-bond acceptors (Lipinski definition) is 17. The number of amides is 14. The van der Waals surface area contributed by atoms with Crippen LogP contribution in [0.2, 0.25) is 0 Å². The van der Waals surface area contributed by atoms with Crippen LogP contribution in [0.1, 0.15) is 101 Å². The fourth-order valence-electron chi connectivity index (χ4n) is 11.0. The standard InChI is InChI=1S/C70H94N18O16/c1-38(2)29-52(65(100)83-50(18-12-28-77-70(74)75)63(98)84-51(61(73)96)30-42-19-23-45(91)24-20-42)81-60(95)37-79-62(97)53(31-41-13-6-5-7-14-41)85-64(99)49(17-10-11-27-76-39(3)89)82-68(103)56(34-58(71)93)88-67(102)55(33-44-36-78-48-16-9-8-15-47(44)48)86-69(104)57(35-59(72)94)87-66(101)54(80-40(4)90)32-43-21-25-46(92)26-22-43/h5-9,13-16,19-26,36,38,49-57,78,91-92H,10-12,17-18,27-35,37H2,1-4H3,(H2,71,93)(H2,72,94)(H2,73,96)(H,76,89)(H,79,97)(H,80,90)(H,81,95)(H,82,103)(H,83,100)(H,84,98)(H,85,99)(H,86,104)(H,87,101)(H,88,102)(H4,74,75,77)/t49-,50-,51-,52-,53-,54-,55-,56-,57-/m0/s1. The lowest BCUT2D eigenvalue weighted by Gasteiger charge is -2.27. The number of carbonyl (C=O) groups is 14. The molecule has 14 amide bonds. The Morgan fingerprint density at radius 1 is 0.423 bits per heavy atom. The van der Waals surface area contributed by atoms with Gasteiger partial charge in [-0.3, -0.25) is 72.5 Å². The van der Waals surface area contributed by atoms with Gasteiger partial charge in [0.15, 0.2) is 5.96 Å². The van der Waals surface area contributed by atoms with Crippen LogP contribution in [0.5, 0.6) is 11.5 Å². The molecule has 0 aliphatic carbocycles. The number of hydrogen-bond donors (Lipinski definition) is 20. The van der Waals surface area contributed by atoms with Crippen molar-refractivity contribution in [1.82, 2.24) is 68.8 Å². The van der Waals surface area contributed by atoms with Gasteiger partial charge in [-0.2, -0.15) is 0 Å². The number of benzene rings is 4. The van der Waals surface area contributed by atoms with Gasteiger partial charge in [0.1, 0.15) is 65.9 Å². The molecule has 0 fully saturated rings. The van der Waals surface area contributed by atoms with Gasteiger partial charge < -0.3 is 102 Å². The van der Waals surface area contributed by atoms with E-state index in [9.17, 15) is 77.3 Å². The zero-order valence-corrected chi connectivity index (χ0v) is 58.2. The Morgan fingerprint density at radius 3 is 1.35 bits per heavy atom. The minimum Gasteiger partial charge on any atom is -0.508 e. The number of unbranched alkanes of at least 4 members (excludes halogenated alkanes) is 1. The highest BCUT2D eigenvalue weighted by Crippen LogP contribution is 2.21. The molecule has 0 spiro atoms. The highest BCUT2D eigenvalue weighted by molar-refractivity contribution is 6.00. The number of nitrogens with one attached hydrogen (secondary N) is 14. The zero-order chi connectivity index (χ0) is 76.6. The molecule has 0 saturated carbocycles. The van der Waals surface area contributed by atoms with Gasteiger partial charge in [-0.25, -0.2) is 0 Å². The molecule has 0 unspecified atom stereocenters. The van der Waals surface area contributed by atoms with Crippen molar-refractivity contribution in [3.63, 3.8) is 0 Å². The maximum Gasteiger partial charge on any atom is 0.243 e. The molecular weight excluding hydrogens is 1350 g/mol. The third kappa shape index (κ3) is 29.2. The number of carbonyl (C=O) groups excluding carboxylic acids is 14. The van der Waals surface area contributed by atoms with Crippen molar-refractivity contribution >= 4 is 99.6 Å². The van der Waals surface area contributed by atoms with Gasteiger partial charge in [-0.1, -0.05) is 86.6 Å². The number of aromatic amines is 1. The molecule has 24 N–H and O–H groups in total. The molecule has 0 saturated heterocycles. The van der Waals surface area contributed by atoms with Gasteiger partial charge in [0, 0.05) is 69.7 Å². The van der Waals surface area contributed by atoms with E-state index in [1.165, 1.54) is 55.5 Å². The second-order valence-electron chi connectivity index (χ2n) is 25.3. The van der Waals surface area contributed by atoms with Gasteiger partial charge in [-0.05, 0) is 97.0 Å². The predicted molar refractivity (Wildman–Crippen MR) is 380 cm³/mol. The van der Waals surface area contributed by atoms with Crippen molar-refractivity contribution < 1.29 is 77.3 Å². The van der Waals surface area contributed by atoms with Crippen molar-refractivity contribution in [2.24, 2.45) is 28.9 Å². The van der Waals surface area contributed by atoms with E-state index in [1.54, 1.807) is 74.6 Å². The van der Waals surface area contributed by atoms with Gasteiger partial charge >= 0.3 is 0 Å². The normalized spacial score (nSPS) is 13.5. The van der Waals surface area contributed by atoms with Crippen LogP contribution in [0.15, 0.2) is 109 Å². The Hall–Kier alpha value is -12.1. The van der Waals surface area contributed by atoms with Crippen LogP contribution < -0.4 is 86.7 Å². The molecule has 34 heteroatoms. The van der Waals surface area contributed by atoms with Crippen LogP contribution in [-0.4, -0.2) is 178 Å². The summed E-state index contributed by atoms with van der Waals surface area (Å²) in [6.07, 6.45) is -0.604. The largest absolute Gasteiger partial charge is 0.508 e. The number of guanidine groups is 1. The van der Waals surface area contributed by atoms with Crippen LogP contribution in [-0.2, 0) is 92.8 Å². The molecule has 4 aromatic carbocycles. The van der Waals surface area contributed by atoms with Crippen molar-refractivity contribution in [3.05, 3.63) is 132 Å². The number of primary amides is 3. The SMILES string of the molecule is CC(=O)NCCCC[C@H](NC(=O)[C@H](CC(N)=O)NC(=O)[C@H](Cc1c[nH]c2ccccc12)NC(=O)[C@H](CC(N)=O)NC(=O)[C@H](Cc1ccc(O)cc1)NC(C)=O)C(=O)N[C@@H](Cc1ccccc1)C(=O)NCC(=O)N[C@@H](CC(C)C)C(=O)N[C@@H](CCCNC(=N)N)C(=O)N[C@@H](Cc1ccc(O)cc1)C(N)=O. The second-order valence-corrected chi connectivity index (χ2v) is 25.3. The molecule has 104 heavy (non-hydrogen) atoms. The quantitative estimate of drug-likeness (QED) is 0.0106. The Bertz CT molecular complexity index is 3830. The summed E-state index contributed by atoms with van der Waals surface area (Å²) in [5.41, 5.74) is 25.0. The maximum absolute atomic E-state index is 14.8. The molecule has 0 radical (unpaired) electrons. The van der Waals surface area contributed by atoms with E-state index in [0.717, 1.165) is 6.92 Å². The second kappa shape index (κ2) is 41.6. The van der Waals surface area contributed by atoms with Gasteiger partial charge in [0.25, 0.3) is 0 Å². The lowest BCUT2D eigenvalue weighted by Crippen LogP contribution is -2.61. The van der Waals surface area contributed by atoms with Crippen LogP contribution >= 0.6 is 0 Å². The van der Waals surface area contributed by atoms with E-state index in [2.05, 4.69) is 68.8 Å². The van der Waals surface area contributed by atoms with Gasteiger partial charge in [-0.15, -0.1) is 0 Å². The van der Waals surface area contributed by atoms with E-state index in [4.69, 9.17) is 28.3 Å². The van der Waals surface area contributed by atoms with E-state index in [0.29, 0.717) is 33.2 Å². The molecule has 0 aliphatic rings. The van der Waals surface area contributed by atoms with Crippen LogP contribution in [0.4, 0.5) is 0 Å². The lowest BCUT2D eigenvalue weighted by atomic mass is 10.0. The number of fused-ring (bicyclic) bond motifs is 1. The van der Waals surface area contributed by atoms with Crippen LogP contribution in [0.25, 0.3) is 10.9 Å². The minimum atomic E-state index is -1.89. The lowest BCUT2D eigenvalue weighted by molar-refractivity contribution is -0.136. The van der Waals surface area contributed by atoms with Gasteiger partial charge in [0.2, 0.25) is 82.7 Å². The Morgan fingerprint density at radius 2 is 0.846 bits per heavy atom. The molecule has 560 valence electrons. The van der Waals surface area contributed by atoms with Gasteiger partial charge in [0.05, 0.1) is 19.4 Å². The first-order chi connectivity index (χ1) is 49.3. The number of phenols is 2. The number of H-pyrrole nitrogens is 1. The summed E-state index contributed by atoms with van der Waals surface area (Å²) in [4.78, 5) is 194. The maximum atomic E-state index is 14.8. The summed E-state index contributed by atoms with van der Waals surface area (Å²) in [7, 11) is 0. The Balaban J connectivity index is 1.39. The highest BCUT2D eigenvalue weighted by Gasteiger charge is 2.36. The van der Waals surface area contributed by atoms with Crippen molar-refractivity contribution in [3.8, 4) is 11.5 Å². The fraction of sp³-hybridized carbons (Fsp3) is 0.414. The molecule has 5 rings (SSSR count). The molecular formula is C70H94N18O16. The predicted octanol–water partition coefficient (Wildman–Crippen LogP) is -2.80. The fourth-order valence-corrected chi connectivity index (χ4v) is 11.0. The van der Waals surface area contributed by atoms with E-state index in [1.807, 2.05) is 0 Å². The zero-order valence-electron chi connectivity index (χ0n) is 58.2. The van der Waals surface area contributed by atoms with E-state index >= 15 is 0 Å². The molecule has 0 bridgehead atoms. The highest BCUT2D eigenvalue weighted by atomic mass is 16.3. The number of aromatic hydroxyl groups is 2. The molecule has 1 heterocycles. The van der Waals surface area contributed by atoms with E-state index in [-0.39, 0.29) is 107 Å². The summed E-state index contributed by atoms with van der Waals surface area (Å²) < 4.78 is 0. The summed E-state index contributed by atoms with van der Waals surface area (Å²) in [5, 5.41) is 58.4. The van der Waals surface area contributed by atoms with Crippen molar-refractivity contribution in [1.29, 1.82) is 5.41 Å². The number of aromatic nitrogens is 1. The first kappa shape index (κ1) is 82.5. The Labute approximate surface area is 599 Å². The average Bonchev–Trinajstić information content (AvgIpc) is 1.57. The smallest absolute Gasteiger partial charge is 0.243 e. The monoisotopic (exact) mass is 1440 g/mol. The first-order valence-corrected chi connectivity index (χ1v) is 33.6. The summed E-state index contributed by atoms with van der Waals surface area (Å²) >= 11 is 0. The topological polar surface area (TPSA) is 568 Å². The third-order valence-corrected chi connectivity index (χ3v) is 16.2. The number of nitrogens with two attached hydrogens (primary N) is 4. The van der Waals surface area contributed by atoms with E-state index < -0.39 is 151 Å². The average molecular weight is 1440 g/mol. The van der Waals surface area contributed by atoms with Crippen molar-refractivity contribution in [2.75, 3.05) is 19.6 Å². The molecule has 5 aromatic rings. The third-order valence-electron chi connectivity index (χ3n) is 16.2. The Kier molecular flexibility index (Phi) is 33.0. The summed E-state index contributed by atoms with van der Waals surface area (Å²) in [6.45, 7) is 5.43. The number of rotatable bonds is 43. The van der Waals surface area contributed by atoms with Crippen LogP contribution in [0.3, 0.4) is 0 Å². The molecule has 0 aliphatic heterocycles. The van der Waals surface area contributed by atoms with Crippen LogP contribution in [0, 0.1) is 11.3 Å². The number of phenolic OH excluding ortho intramolecular Hbond substituents is 2. The first-order valence-electron chi connectivity index (χ1n) is 33.6. The van der Waals surface area contributed by atoms with Crippen molar-refractivity contribution in [2.45, 2.75) is 159 Å².